The molecule has 1 aromatic carbocycles. The van der Waals surface area contributed by atoms with Crippen LogP contribution in [0.5, 0.6) is 11.5 Å². The maximum absolute atomic E-state index is 15.2. The van der Waals surface area contributed by atoms with E-state index in [-0.39, 0.29) is 29.0 Å². The van der Waals surface area contributed by atoms with Crippen molar-refractivity contribution in [2.45, 2.75) is 97.3 Å². The molecule has 2 aromatic rings. The van der Waals surface area contributed by atoms with Crippen molar-refractivity contribution in [2.75, 3.05) is 35.3 Å². The maximum Gasteiger partial charge on any atom is 0.330 e. The van der Waals surface area contributed by atoms with Crippen molar-refractivity contribution in [2.24, 2.45) is 0 Å². The number of amides is 2. The van der Waals surface area contributed by atoms with E-state index in [1.165, 1.54) is 12.0 Å². The number of nitrogens with one attached hydrogen (secondary N) is 1. The molecule has 40 heavy (non-hydrogen) atoms. The molecule has 0 saturated heterocycles. The van der Waals surface area contributed by atoms with Crippen LogP contribution in [0, 0.1) is 5.82 Å². The fourth-order valence-corrected chi connectivity index (χ4v) is 6.12. The van der Waals surface area contributed by atoms with Crippen LogP contribution in [0.25, 0.3) is 0 Å². The molecule has 11 heteroatoms. The van der Waals surface area contributed by atoms with E-state index in [0.717, 1.165) is 64.1 Å². The number of rotatable bonds is 12. The summed E-state index contributed by atoms with van der Waals surface area (Å²) in [4.78, 5) is 28.6. The number of anilines is 3. The molecule has 0 unspecified atom stereocenters. The molecule has 1 aliphatic heterocycles. The Balaban J connectivity index is 1.51. The number of hydrogen-bond acceptors (Lipinski definition) is 7. The third kappa shape index (κ3) is 6.38. The van der Waals surface area contributed by atoms with Crippen molar-refractivity contribution in [1.29, 1.82) is 0 Å². The summed E-state index contributed by atoms with van der Waals surface area (Å²) < 4.78 is 20.4. The number of methoxy groups -OCH3 is 1. The van der Waals surface area contributed by atoms with E-state index < -0.39 is 17.6 Å². The molecule has 1 saturated carbocycles. The molecule has 1 fully saturated rings. The van der Waals surface area contributed by atoms with E-state index in [0.29, 0.717) is 29.4 Å². The Bertz CT molecular complexity index is 1180. The maximum atomic E-state index is 15.2. The van der Waals surface area contributed by atoms with Crippen molar-refractivity contribution < 1.29 is 19.0 Å². The number of ether oxygens (including phenoxy) is 1. The number of aromatic nitrogens is 2. The molecule has 0 spiro atoms. The summed E-state index contributed by atoms with van der Waals surface area (Å²) in [6, 6.07) is 1.67. The lowest BCUT2D eigenvalue weighted by molar-refractivity contribution is 0.171. The van der Waals surface area contributed by atoms with Gasteiger partial charge in [-0.1, -0.05) is 30.9 Å². The summed E-state index contributed by atoms with van der Waals surface area (Å²) >= 11 is 6.45. The topological polar surface area (TPSA) is 94.1 Å². The third-order valence-electron chi connectivity index (χ3n) is 7.84. The van der Waals surface area contributed by atoms with Gasteiger partial charge in [-0.3, -0.25) is 14.7 Å². The first-order valence-electron chi connectivity index (χ1n) is 14.3. The fraction of sp³-hybridized carbons (Fsp3) is 0.621. The van der Waals surface area contributed by atoms with Gasteiger partial charge in [0, 0.05) is 42.5 Å². The third-order valence-corrected chi connectivity index (χ3v) is 8.21. The van der Waals surface area contributed by atoms with Gasteiger partial charge in [-0.2, -0.15) is 4.98 Å². The minimum absolute atomic E-state index is 0.0170. The van der Waals surface area contributed by atoms with Crippen LogP contribution in [0.1, 0.15) is 78.2 Å². The van der Waals surface area contributed by atoms with Crippen LogP contribution < -0.4 is 19.9 Å². The molecule has 2 amide bonds. The van der Waals surface area contributed by atoms with Gasteiger partial charge in [-0.25, -0.2) is 14.2 Å². The van der Waals surface area contributed by atoms with Gasteiger partial charge in [0.05, 0.1) is 13.7 Å². The van der Waals surface area contributed by atoms with Gasteiger partial charge in [0.2, 0.25) is 5.95 Å². The van der Waals surface area contributed by atoms with Crippen molar-refractivity contribution in [1.82, 2.24) is 14.9 Å². The Kier molecular flexibility index (Phi) is 9.94. The second kappa shape index (κ2) is 13.2. The van der Waals surface area contributed by atoms with Crippen molar-refractivity contribution in [3.05, 3.63) is 28.7 Å². The Labute approximate surface area is 241 Å². The number of fused-ring (bicyclic) bond motifs is 1. The molecular weight excluding hydrogens is 535 g/mol. The van der Waals surface area contributed by atoms with E-state index in [9.17, 15) is 9.90 Å². The normalized spacial score (nSPS) is 16.0. The molecule has 220 valence electrons. The first-order chi connectivity index (χ1) is 19.1. The SMILES string of the molecule is COc1cc(O)c(F)c(N2Cc3cnc(NCCCCCN(C(C)C)C(C)C)nc3N(C3CCCC3)C2=O)c1Cl. The number of halogens is 2. The molecule has 4 rings (SSSR count). The largest absolute Gasteiger partial charge is 0.505 e. The van der Waals surface area contributed by atoms with E-state index >= 15 is 4.39 Å². The van der Waals surface area contributed by atoms with Gasteiger partial charge in [0.15, 0.2) is 11.6 Å². The second-order valence-electron chi connectivity index (χ2n) is 11.2. The van der Waals surface area contributed by atoms with Gasteiger partial charge >= 0.3 is 6.03 Å². The summed E-state index contributed by atoms with van der Waals surface area (Å²) in [7, 11) is 1.37. The van der Waals surface area contributed by atoms with E-state index in [1.807, 2.05) is 0 Å². The number of phenols is 1. The number of urea groups is 1. The van der Waals surface area contributed by atoms with Crippen LogP contribution >= 0.6 is 11.6 Å². The number of benzene rings is 1. The van der Waals surface area contributed by atoms with Gasteiger partial charge in [-0.15, -0.1) is 0 Å². The van der Waals surface area contributed by atoms with Gasteiger partial charge in [0.25, 0.3) is 0 Å². The quantitative estimate of drug-likeness (QED) is 0.276. The minimum atomic E-state index is -0.974. The van der Waals surface area contributed by atoms with Crippen LogP contribution in [-0.4, -0.2) is 64.3 Å². The molecule has 9 nitrogen and oxygen atoms in total. The number of carbonyl (C=O) groups is 1. The van der Waals surface area contributed by atoms with E-state index in [4.69, 9.17) is 21.3 Å². The first-order valence-corrected chi connectivity index (χ1v) is 14.7. The lowest BCUT2D eigenvalue weighted by atomic mass is 10.1. The molecule has 1 aromatic heterocycles. The average molecular weight is 577 g/mol. The van der Waals surface area contributed by atoms with Gasteiger partial charge in [-0.05, 0) is 59.9 Å². The number of phenolic OH excluding ortho intramolecular Hbond substituents is 1. The van der Waals surface area contributed by atoms with Crippen LogP contribution in [0.15, 0.2) is 12.3 Å². The van der Waals surface area contributed by atoms with Gasteiger partial charge in [0.1, 0.15) is 22.3 Å². The molecule has 0 bridgehead atoms. The van der Waals surface area contributed by atoms with Crippen LogP contribution in [-0.2, 0) is 6.54 Å². The highest BCUT2D eigenvalue weighted by Crippen LogP contribution is 2.45. The van der Waals surface area contributed by atoms with Crippen molar-refractivity contribution in [3.63, 3.8) is 0 Å². The summed E-state index contributed by atoms with van der Waals surface area (Å²) in [6.07, 6.45) is 8.54. The molecule has 0 radical (unpaired) electrons. The number of hydrogen-bond donors (Lipinski definition) is 2. The molecule has 2 heterocycles. The highest BCUT2D eigenvalue weighted by Gasteiger charge is 2.40. The number of carbonyl (C=O) groups excluding carboxylic acids is 1. The van der Waals surface area contributed by atoms with Gasteiger partial charge < -0.3 is 15.2 Å². The highest BCUT2D eigenvalue weighted by atomic mass is 35.5. The monoisotopic (exact) mass is 576 g/mol. The predicted molar refractivity (Wildman–Crippen MR) is 157 cm³/mol. The minimum Gasteiger partial charge on any atom is -0.505 e. The zero-order valence-corrected chi connectivity index (χ0v) is 25.0. The number of unbranched alkanes of at least 4 members (excludes halogenated alkanes) is 2. The fourth-order valence-electron chi connectivity index (χ4n) is 5.81. The molecule has 2 aliphatic rings. The van der Waals surface area contributed by atoms with Crippen molar-refractivity contribution in [3.8, 4) is 11.5 Å². The summed E-state index contributed by atoms with van der Waals surface area (Å²) in [5, 5.41) is 13.4. The predicted octanol–water partition coefficient (Wildman–Crippen LogP) is 6.57. The van der Waals surface area contributed by atoms with E-state index in [2.05, 4.69) is 42.9 Å². The van der Waals surface area contributed by atoms with Crippen LogP contribution in [0.3, 0.4) is 0 Å². The zero-order valence-electron chi connectivity index (χ0n) is 24.2. The summed E-state index contributed by atoms with van der Waals surface area (Å²) in [5.41, 5.74) is 0.463. The Morgan fingerprint density at radius 1 is 1.20 bits per heavy atom. The standard InChI is InChI=1S/C29H42ClFN6O3/c1-18(2)35(19(3)4)14-10-6-9-13-32-28-33-16-20-17-36(26-24(30)23(40-5)15-22(38)25(26)31)29(39)37(27(20)34-28)21-11-7-8-12-21/h15-16,18-19,21,38H,6-14,17H2,1-5H3,(H,32,33,34). The van der Waals surface area contributed by atoms with Crippen LogP contribution in [0.2, 0.25) is 5.02 Å². The van der Waals surface area contributed by atoms with Crippen molar-refractivity contribution >= 4 is 35.1 Å². The van der Waals surface area contributed by atoms with E-state index in [1.54, 1.807) is 11.1 Å². The lowest BCUT2D eigenvalue weighted by Crippen LogP contribution is -2.52. The Morgan fingerprint density at radius 3 is 2.55 bits per heavy atom. The number of nitrogens with zero attached hydrogens (tertiary/aromatic N) is 5. The molecule has 1 aliphatic carbocycles. The summed E-state index contributed by atoms with van der Waals surface area (Å²) in [5.74, 6) is -0.521. The highest BCUT2D eigenvalue weighted by molar-refractivity contribution is 6.35. The Hall–Kier alpha value is -2.85. The zero-order chi connectivity index (χ0) is 29.0. The second-order valence-corrected chi connectivity index (χ2v) is 11.6. The number of aromatic hydroxyl groups is 1. The smallest absolute Gasteiger partial charge is 0.330 e. The molecule has 0 atom stereocenters. The average Bonchev–Trinajstić information content (AvgIpc) is 3.44. The molecular formula is C29H42ClFN6O3. The Morgan fingerprint density at radius 2 is 1.90 bits per heavy atom. The first kappa shape index (κ1) is 30.1. The molecule has 2 N–H and O–H groups in total. The lowest BCUT2D eigenvalue weighted by Gasteiger charge is -2.39. The summed E-state index contributed by atoms with van der Waals surface area (Å²) in [6.45, 7) is 10.8. The van der Waals surface area contributed by atoms with Crippen LogP contribution in [0.4, 0.5) is 26.6 Å².